The number of carbonyl (C=O) groups is 17. The lowest BCUT2D eigenvalue weighted by Crippen LogP contribution is -2.60. The molecule has 2 rings (SSSR count). The number of rotatable bonds is 67. The predicted octanol–water partition coefficient (Wildman–Crippen LogP) is -14.9. The smallest absolute Gasteiger partial charge is 0.326 e. The summed E-state index contributed by atoms with van der Waals surface area (Å²) in [6.07, 6.45) is -0.721. The number of carboxylic acid groups (broad SMARTS) is 1. The van der Waals surface area contributed by atoms with Gasteiger partial charge in [-0.25, -0.2) is 4.79 Å². The summed E-state index contributed by atoms with van der Waals surface area (Å²) in [5.74, 6) is -19.7. The minimum absolute atomic E-state index is 0.00264. The number of hydrogen-bond acceptors (Lipinski definition) is 28. The predicted molar refractivity (Wildman–Crippen MR) is 502 cm³/mol. The van der Waals surface area contributed by atoms with Crippen molar-refractivity contribution in [1.82, 2.24) is 121 Å². The molecule has 0 aromatic heterocycles. The molecule has 16 amide bonds. The van der Waals surface area contributed by atoms with Crippen molar-refractivity contribution in [2.45, 2.75) is 247 Å². The van der Waals surface area contributed by atoms with Gasteiger partial charge in [-0.05, 0) is 154 Å². The van der Waals surface area contributed by atoms with E-state index in [1.54, 1.807) is 13.8 Å². The third-order valence-corrected chi connectivity index (χ3v) is 21.7. The first-order valence-electron chi connectivity index (χ1n) is 45.5. The van der Waals surface area contributed by atoms with Crippen LogP contribution in [0.15, 0.2) is 0 Å². The minimum atomic E-state index is -1.87. The number of nitrogens with two attached hydrogens (primary N) is 9. The van der Waals surface area contributed by atoms with Gasteiger partial charge in [0.15, 0.2) is 41.7 Å². The second kappa shape index (κ2) is 65.4. The van der Waals surface area contributed by atoms with Gasteiger partial charge in [0.2, 0.25) is 94.5 Å². The Labute approximate surface area is 797 Å². The van der Waals surface area contributed by atoms with Crippen molar-refractivity contribution in [3.8, 4) is 0 Å². The summed E-state index contributed by atoms with van der Waals surface area (Å²) in [6.45, 7) is 0.966. The van der Waals surface area contributed by atoms with E-state index in [2.05, 4.69) is 112 Å². The first-order valence-corrected chi connectivity index (χ1v) is 45.5. The summed E-state index contributed by atoms with van der Waals surface area (Å²) < 4.78 is 0. The Kier molecular flexibility index (Phi) is 56.8. The molecule has 0 aromatic rings. The number of unbranched alkanes of at least 4 members (excludes halogenated alkanes) is 1. The van der Waals surface area contributed by atoms with Crippen molar-refractivity contribution < 1.29 is 96.8 Å². The number of carboxylic acids is 1. The van der Waals surface area contributed by atoms with E-state index in [0.29, 0.717) is 12.8 Å². The average Bonchev–Trinajstić information content (AvgIpc) is 1.65. The van der Waals surface area contributed by atoms with Crippen molar-refractivity contribution >= 4 is 142 Å². The Morgan fingerprint density at radius 1 is 0.348 bits per heavy atom. The molecule has 2 saturated heterocycles. The number of aliphatic carboxylic acids is 1. The highest BCUT2D eigenvalue weighted by Crippen LogP contribution is 2.23. The number of likely N-dealkylation sites (tertiary alicyclic amines) is 2. The number of amides is 16. The number of nitrogens with zero attached hydrogens (tertiary/aromatic N) is 2. The van der Waals surface area contributed by atoms with Crippen molar-refractivity contribution in [3.63, 3.8) is 0 Å². The third-order valence-electron chi connectivity index (χ3n) is 21.7. The highest BCUT2D eigenvalue weighted by Gasteiger charge is 2.43. The van der Waals surface area contributed by atoms with Crippen molar-refractivity contribution in [2.24, 2.45) is 57.5 Å². The third kappa shape index (κ3) is 48.3. The van der Waals surface area contributed by atoms with Gasteiger partial charge in [-0.1, -0.05) is 20.3 Å². The molecule has 15 atom stereocenters. The topological polar surface area (TPSA) is 1010 Å². The molecule has 0 spiro atoms. The number of nitrogens with one attached hydrogen (secondary N) is 28. The van der Waals surface area contributed by atoms with Crippen LogP contribution in [0.25, 0.3) is 0 Å². The molecule has 0 bridgehead atoms. The summed E-state index contributed by atoms with van der Waals surface area (Å²) in [4.78, 5) is 239. The van der Waals surface area contributed by atoms with Gasteiger partial charge in [0, 0.05) is 58.9 Å². The van der Waals surface area contributed by atoms with E-state index in [1.165, 1.54) is 9.80 Å². The van der Waals surface area contributed by atoms with Gasteiger partial charge in [0.05, 0.1) is 38.9 Å². The molecule has 59 nitrogen and oxygen atoms in total. The van der Waals surface area contributed by atoms with Crippen LogP contribution in [0.1, 0.15) is 162 Å². The molecule has 0 aliphatic carbocycles. The van der Waals surface area contributed by atoms with Gasteiger partial charge >= 0.3 is 5.97 Å². The Hall–Kier alpha value is -14.3. The summed E-state index contributed by atoms with van der Waals surface area (Å²) in [5.41, 5.74) is 49.6. The maximum atomic E-state index is 14.6. The standard InChI is InChI=1S/C79H147N39O20/c1-4-41(2)58(69(134)112-48(20-10-30-99-76(88)89)65(130)114-51(72(137)138)23-13-33-102-79(94)95)116-66(131)49(21-11-31-100-77(90)91)109-64(129)47(19-9-29-98-75(86)87)108-55(122)37-103-61(126)44(16-5-6-26-80)107-54(121)36-104-63(128)46(18-8-28-97-74(84)85)111-70(135)59(42(3)120)115-56(123)38-105-62(127)45(17-7-27-96-73(82)83)110-68(133)53-25-15-35-118(53)71(136)50(22-12-32-101-78(92)93)113-67(132)52-24-14-34-117(52)57(124)39-106-60(125)43(81)40-119/h41-53,58-59,119-120H,4-40,80-81H2,1-3H3,(H,103,126)(H,104,128)(H,105,127)(H,106,125)(H,107,121)(H,108,122)(H,109,129)(H,110,133)(H,111,135)(H,112,134)(H,113,132)(H,114,130)(H,115,123)(H,116,131)(H,137,138)(H4,82,83,96)(H4,84,85,97)(H4,86,87,98)(H4,88,89,99)(H4,90,91,100)(H4,92,93,101)(H4,94,95,102)/t41-,42+,43-,44-,45-,46-,47-,48-,49-,50-,51-,52+,53+,58-,59-/m0/s1. The second-order valence-corrected chi connectivity index (χ2v) is 32.9. The molecule has 0 saturated carbocycles. The largest absolute Gasteiger partial charge is 0.480 e. The lowest BCUT2D eigenvalue weighted by Gasteiger charge is -2.31. The highest BCUT2D eigenvalue weighted by molar-refractivity contribution is 6.01. The zero-order valence-corrected chi connectivity index (χ0v) is 78.2. The molecule has 2 fully saturated rings. The summed E-state index contributed by atoms with van der Waals surface area (Å²) in [5, 5.41) is 136. The molecule has 138 heavy (non-hydrogen) atoms. The zero-order chi connectivity index (χ0) is 104. The lowest BCUT2D eigenvalue weighted by molar-refractivity contribution is -0.144. The minimum Gasteiger partial charge on any atom is -0.480 e. The molecule has 2 heterocycles. The van der Waals surface area contributed by atoms with E-state index in [0.717, 1.165) is 6.92 Å². The number of aliphatic hydroxyl groups is 2. The van der Waals surface area contributed by atoms with E-state index in [9.17, 15) is 96.8 Å². The molecule has 0 unspecified atom stereocenters. The molecule has 49 N–H and O–H groups in total. The van der Waals surface area contributed by atoms with Crippen LogP contribution < -0.4 is 163 Å². The molecular formula is C79H147N39O20. The molecular weight excluding hydrogens is 1820 g/mol. The number of guanidine groups is 7. The van der Waals surface area contributed by atoms with Crippen LogP contribution in [0.4, 0.5) is 0 Å². The van der Waals surface area contributed by atoms with Crippen molar-refractivity contribution in [3.05, 3.63) is 0 Å². The monoisotopic (exact) mass is 1960 g/mol. The van der Waals surface area contributed by atoms with Crippen LogP contribution in [0.5, 0.6) is 0 Å². The maximum Gasteiger partial charge on any atom is 0.326 e. The van der Waals surface area contributed by atoms with Gasteiger partial charge < -0.3 is 188 Å². The van der Waals surface area contributed by atoms with Crippen LogP contribution in [0.3, 0.4) is 0 Å². The Bertz CT molecular complexity index is 4130. The Balaban J connectivity index is 2.40. The summed E-state index contributed by atoms with van der Waals surface area (Å²) >= 11 is 0. The number of aliphatic hydroxyl groups excluding tert-OH is 2. The van der Waals surface area contributed by atoms with Gasteiger partial charge in [0.1, 0.15) is 78.5 Å². The van der Waals surface area contributed by atoms with E-state index >= 15 is 0 Å². The second-order valence-electron chi connectivity index (χ2n) is 32.9. The average molecular weight is 1960 g/mol. The summed E-state index contributed by atoms with van der Waals surface area (Å²) in [7, 11) is 0. The SMILES string of the molecule is CC[C@H](C)[C@H](NC(=O)[C@H](CCCNC(=N)N)NC(=O)[C@H](CCCNC(=N)N)NC(=O)CNC(=O)[C@H](CCCCN)NC(=O)CNC(=O)[C@H](CCCNC(=N)N)NC(=O)[C@@H](NC(=O)CNC(=O)[C@H](CCCNC(=N)N)NC(=O)[C@H]1CCCN1C(=O)[C@H](CCCNC(=N)N)NC(=O)[C@H]1CCCN1C(=O)CNC(=O)[C@@H](N)CO)[C@@H](C)O)C(=O)N[C@@H](CCCNC(=N)N)C(=O)N[C@@H](CCCNC(=N)N)C(=O)O. The quantitative estimate of drug-likeness (QED) is 0.0153. The highest BCUT2D eigenvalue weighted by atomic mass is 16.4. The van der Waals surface area contributed by atoms with Crippen LogP contribution >= 0.6 is 0 Å². The van der Waals surface area contributed by atoms with Crippen molar-refractivity contribution in [1.29, 1.82) is 37.9 Å². The lowest BCUT2D eigenvalue weighted by atomic mass is 9.96. The van der Waals surface area contributed by atoms with E-state index < -0.39 is 254 Å². The fraction of sp³-hybridized carbons (Fsp3) is 0.696. The Morgan fingerprint density at radius 3 is 1.01 bits per heavy atom. The molecule has 2 aliphatic rings. The molecule has 0 radical (unpaired) electrons. The molecule has 778 valence electrons. The van der Waals surface area contributed by atoms with Gasteiger partial charge in [-0.2, -0.15) is 0 Å². The van der Waals surface area contributed by atoms with Gasteiger partial charge in [-0.3, -0.25) is 115 Å². The van der Waals surface area contributed by atoms with Gasteiger partial charge in [-0.15, -0.1) is 0 Å². The van der Waals surface area contributed by atoms with Crippen LogP contribution in [-0.2, 0) is 81.5 Å². The normalized spacial score (nSPS) is 15.9. The zero-order valence-electron chi connectivity index (χ0n) is 78.2. The van der Waals surface area contributed by atoms with Crippen LogP contribution in [0.2, 0.25) is 0 Å². The van der Waals surface area contributed by atoms with Crippen LogP contribution in [0, 0.1) is 43.8 Å². The fourth-order valence-electron chi connectivity index (χ4n) is 14.2. The van der Waals surface area contributed by atoms with Crippen molar-refractivity contribution in [2.75, 3.05) is 98.2 Å². The van der Waals surface area contributed by atoms with E-state index in [4.69, 9.17) is 89.5 Å². The van der Waals surface area contributed by atoms with Crippen LogP contribution in [-0.4, -0.2) is 350 Å². The summed E-state index contributed by atoms with van der Waals surface area (Å²) in [6, 6.07) is -18.7. The Morgan fingerprint density at radius 2 is 0.645 bits per heavy atom. The van der Waals surface area contributed by atoms with E-state index in [1.807, 2.05) is 0 Å². The van der Waals surface area contributed by atoms with E-state index in [-0.39, 0.29) is 206 Å². The number of carbonyl (C=O) groups excluding carboxylic acids is 16. The first-order chi connectivity index (χ1) is 65.2. The molecule has 0 aromatic carbocycles. The molecule has 2 aliphatic heterocycles. The fourth-order valence-corrected chi connectivity index (χ4v) is 14.2. The van der Waals surface area contributed by atoms with Gasteiger partial charge in [0.25, 0.3) is 0 Å². The molecule has 59 heteroatoms. The maximum absolute atomic E-state index is 14.6. The first kappa shape index (κ1) is 120. The number of hydrogen-bond donors (Lipinski definition) is 40.